The molecule has 19 heavy (non-hydrogen) atoms. The van der Waals surface area contributed by atoms with E-state index in [1.807, 2.05) is 0 Å². The van der Waals surface area contributed by atoms with Crippen LogP contribution in [0, 0.1) is 0 Å². The first-order chi connectivity index (χ1) is 9.33. The van der Waals surface area contributed by atoms with E-state index in [0.29, 0.717) is 16.7 Å². The molecule has 1 aliphatic carbocycles. The maximum atomic E-state index is 12.1. The quantitative estimate of drug-likeness (QED) is 0.601. The zero-order chi connectivity index (χ0) is 13.1. The van der Waals surface area contributed by atoms with Gasteiger partial charge in [-0.1, -0.05) is 43.5 Å². The molecule has 0 amide bonds. The summed E-state index contributed by atoms with van der Waals surface area (Å²) >= 11 is 0. The van der Waals surface area contributed by atoms with Gasteiger partial charge in [-0.25, -0.2) is 0 Å². The van der Waals surface area contributed by atoms with Gasteiger partial charge in [-0.3, -0.25) is 4.79 Å². The topological polar surface area (TPSA) is 17.1 Å². The monoisotopic (exact) mass is 275 g/mol. The van der Waals surface area contributed by atoms with Crippen LogP contribution in [0.25, 0.3) is 0 Å². The molecular weight excluding hydrogens is 252 g/mol. The van der Waals surface area contributed by atoms with Gasteiger partial charge in [0.2, 0.25) is 5.78 Å². The van der Waals surface area contributed by atoms with E-state index in [9.17, 15) is 4.79 Å². The third kappa shape index (κ3) is 3.22. The summed E-state index contributed by atoms with van der Waals surface area (Å²) in [5.41, 5.74) is 2.38. The highest BCUT2D eigenvalue weighted by Crippen LogP contribution is 2.32. The van der Waals surface area contributed by atoms with Gasteiger partial charge in [-0.2, -0.15) is 0 Å². The van der Waals surface area contributed by atoms with Crippen LogP contribution in [0.5, 0.6) is 0 Å². The van der Waals surface area contributed by atoms with Gasteiger partial charge in [0, 0.05) is 12.0 Å². The van der Waals surface area contributed by atoms with Crippen molar-refractivity contribution in [3.63, 3.8) is 0 Å². The normalized spacial score (nSPS) is 21.1. The fourth-order valence-corrected chi connectivity index (χ4v) is 4.66. The molecule has 2 aliphatic rings. The molecule has 0 unspecified atom stereocenters. The molecule has 0 atom stereocenters. The van der Waals surface area contributed by atoms with E-state index < -0.39 is 0 Å². The van der Waals surface area contributed by atoms with Gasteiger partial charge in [0.05, 0.1) is 0 Å². The lowest BCUT2D eigenvalue weighted by molar-refractivity contribution is 0.102. The summed E-state index contributed by atoms with van der Waals surface area (Å²) in [6.07, 6.45) is 8.13. The SMILES string of the molecule is O=C(C[S+]1CCC1)c1ccc(C2CCCCC2)cc1. The molecule has 1 aromatic rings. The molecule has 1 heterocycles. The van der Waals surface area contributed by atoms with Crippen molar-refractivity contribution in [1.82, 2.24) is 0 Å². The number of benzene rings is 1. The maximum Gasteiger partial charge on any atom is 0.211 e. The predicted molar refractivity (Wildman–Crippen MR) is 83.2 cm³/mol. The van der Waals surface area contributed by atoms with Crippen LogP contribution in [-0.4, -0.2) is 23.0 Å². The van der Waals surface area contributed by atoms with Crippen LogP contribution in [0.1, 0.15) is 60.4 Å². The van der Waals surface area contributed by atoms with Crippen LogP contribution >= 0.6 is 0 Å². The summed E-state index contributed by atoms with van der Waals surface area (Å²) in [4.78, 5) is 12.1. The number of hydrogen-bond acceptors (Lipinski definition) is 1. The first-order valence-electron chi connectivity index (χ1n) is 7.60. The zero-order valence-corrected chi connectivity index (χ0v) is 12.4. The van der Waals surface area contributed by atoms with Crippen LogP contribution in [0.4, 0.5) is 0 Å². The molecule has 102 valence electrons. The summed E-state index contributed by atoms with van der Waals surface area (Å²) in [7, 11) is 0.414. The second-order valence-corrected chi connectivity index (χ2v) is 8.23. The molecule has 1 saturated heterocycles. The highest BCUT2D eigenvalue weighted by Gasteiger charge is 2.30. The lowest BCUT2D eigenvalue weighted by atomic mass is 9.84. The second-order valence-electron chi connectivity index (χ2n) is 5.90. The smallest absolute Gasteiger partial charge is 0.211 e. The third-order valence-corrected chi connectivity index (χ3v) is 6.91. The minimum atomic E-state index is 0.359. The minimum absolute atomic E-state index is 0.359. The van der Waals surface area contributed by atoms with Gasteiger partial charge >= 0.3 is 0 Å². The third-order valence-electron chi connectivity index (χ3n) is 4.51. The minimum Gasteiger partial charge on any atom is -0.289 e. The van der Waals surface area contributed by atoms with Crippen LogP contribution in [0.3, 0.4) is 0 Å². The van der Waals surface area contributed by atoms with E-state index >= 15 is 0 Å². The van der Waals surface area contributed by atoms with Gasteiger partial charge in [0.1, 0.15) is 11.5 Å². The molecule has 1 nitrogen and oxygen atoms in total. The Labute approximate surface area is 119 Å². The summed E-state index contributed by atoms with van der Waals surface area (Å²) in [5, 5.41) is 0. The maximum absolute atomic E-state index is 12.1. The van der Waals surface area contributed by atoms with Crippen molar-refractivity contribution in [3.05, 3.63) is 35.4 Å². The van der Waals surface area contributed by atoms with Crippen molar-refractivity contribution in [2.75, 3.05) is 17.3 Å². The van der Waals surface area contributed by atoms with Crippen molar-refractivity contribution in [2.45, 2.75) is 44.4 Å². The average molecular weight is 275 g/mol. The predicted octanol–water partition coefficient (Wildman–Crippen LogP) is 3.94. The Morgan fingerprint density at radius 3 is 2.26 bits per heavy atom. The van der Waals surface area contributed by atoms with E-state index in [-0.39, 0.29) is 0 Å². The average Bonchev–Trinajstić information content (AvgIpc) is 2.44. The Hall–Kier alpha value is -0.760. The number of carbonyl (C=O) groups is 1. The number of hydrogen-bond donors (Lipinski definition) is 0. The Balaban J connectivity index is 1.62. The van der Waals surface area contributed by atoms with Crippen LogP contribution in [0.2, 0.25) is 0 Å². The molecule has 1 saturated carbocycles. The standard InChI is InChI=1S/C17H23OS/c18-17(13-19-11-4-12-19)16-9-7-15(8-10-16)14-5-2-1-3-6-14/h7-10,14H,1-6,11-13H2/q+1. The Morgan fingerprint density at radius 1 is 1.00 bits per heavy atom. The lowest BCUT2D eigenvalue weighted by Crippen LogP contribution is -2.31. The fourth-order valence-electron chi connectivity index (χ4n) is 3.14. The first-order valence-corrected chi connectivity index (χ1v) is 9.33. The molecule has 1 aliphatic heterocycles. The number of Topliss-reactive ketones (excluding diaryl/α,β-unsaturated/α-hetero) is 1. The fraction of sp³-hybridized carbons (Fsp3) is 0.588. The molecule has 0 N–H and O–H groups in total. The molecule has 0 radical (unpaired) electrons. The van der Waals surface area contributed by atoms with E-state index in [1.54, 1.807) is 0 Å². The van der Waals surface area contributed by atoms with Gasteiger partial charge < -0.3 is 0 Å². The molecule has 3 rings (SSSR count). The van der Waals surface area contributed by atoms with Crippen LogP contribution in [-0.2, 0) is 10.9 Å². The summed E-state index contributed by atoms with van der Waals surface area (Å²) < 4.78 is 0. The Morgan fingerprint density at radius 2 is 1.68 bits per heavy atom. The molecule has 2 fully saturated rings. The summed E-state index contributed by atoms with van der Waals surface area (Å²) in [6.45, 7) is 0. The molecule has 2 heteroatoms. The van der Waals surface area contributed by atoms with Crippen molar-refractivity contribution in [2.24, 2.45) is 0 Å². The lowest BCUT2D eigenvalue weighted by Gasteiger charge is -2.22. The van der Waals surface area contributed by atoms with Crippen molar-refractivity contribution in [1.29, 1.82) is 0 Å². The van der Waals surface area contributed by atoms with Crippen molar-refractivity contribution < 1.29 is 4.79 Å². The van der Waals surface area contributed by atoms with Gasteiger partial charge in [0.15, 0.2) is 5.75 Å². The van der Waals surface area contributed by atoms with Gasteiger partial charge in [0.25, 0.3) is 0 Å². The first kappa shape index (κ1) is 13.2. The van der Waals surface area contributed by atoms with E-state index in [4.69, 9.17) is 0 Å². The largest absolute Gasteiger partial charge is 0.289 e. The number of carbonyl (C=O) groups excluding carboxylic acids is 1. The zero-order valence-electron chi connectivity index (χ0n) is 11.6. The highest BCUT2D eigenvalue weighted by molar-refractivity contribution is 7.98. The highest BCUT2D eigenvalue weighted by atomic mass is 32.2. The molecule has 0 aromatic heterocycles. The summed E-state index contributed by atoms with van der Waals surface area (Å²) in [6, 6.07) is 8.53. The van der Waals surface area contributed by atoms with Crippen LogP contribution in [0.15, 0.2) is 24.3 Å². The van der Waals surface area contributed by atoms with E-state index in [0.717, 1.165) is 17.2 Å². The second kappa shape index (κ2) is 6.13. The van der Waals surface area contributed by atoms with Gasteiger partial charge in [-0.05, 0) is 35.2 Å². The van der Waals surface area contributed by atoms with Crippen molar-refractivity contribution in [3.8, 4) is 0 Å². The Kier molecular flexibility index (Phi) is 4.27. The number of rotatable bonds is 4. The molecule has 1 aromatic carbocycles. The molecule has 0 spiro atoms. The number of ketones is 1. The molecule has 0 bridgehead atoms. The Bertz CT molecular complexity index is 427. The van der Waals surface area contributed by atoms with Crippen molar-refractivity contribution >= 4 is 16.7 Å². The summed E-state index contributed by atoms with van der Waals surface area (Å²) in [5.74, 6) is 4.46. The molecular formula is C17H23OS+. The van der Waals surface area contributed by atoms with E-state index in [2.05, 4.69) is 24.3 Å². The van der Waals surface area contributed by atoms with E-state index in [1.165, 1.54) is 55.6 Å². The van der Waals surface area contributed by atoms with Crippen LogP contribution < -0.4 is 0 Å². The van der Waals surface area contributed by atoms with Gasteiger partial charge in [-0.15, -0.1) is 0 Å².